The molecule has 3 heterocycles. The molecule has 0 bridgehead atoms. The van der Waals surface area contributed by atoms with Crippen molar-refractivity contribution < 1.29 is 33.4 Å². The summed E-state index contributed by atoms with van der Waals surface area (Å²) in [4.78, 5) is 62.4. The largest absolute Gasteiger partial charge is 0.454 e. The van der Waals surface area contributed by atoms with Gasteiger partial charge in [-0.05, 0) is 30.9 Å². The lowest BCUT2D eigenvalue weighted by Gasteiger charge is -2.27. The average molecular weight is 452 g/mol. The van der Waals surface area contributed by atoms with Crippen molar-refractivity contribution in [1.29, 1.82) is 0 Å². The van der Waals surface area contributed by atoms with Gasteiger partial charge in [-0.2, -0.15) is 0 Å². The first-order chi connectivity index (χ1) is 15.9. The molecule has 33 heavy (non-hydrogen) atoms. The van der Waals surface area contributed by atoms with Gasteiger partial charge in [0.05, 0.1) is 0 Å². The number of amides is 6. The monoisotopic (exact) mass is 452 g/mol. The molecule has 3 N–H and O–H groups in total. The maximum atomic E-state index is 12.9. The Morgan fingerprint density at radius 2 is 1.88 bits per heavy atom. The topological polar surface area (TPSA) is 143 Å². The molecule has 2 atom stereocenters. The molecule has 4 aliphatic rings. The molecule has 11 heteroatoms. The molecule has 2 saturated heterocycles. The van der Waals surface area contributed by atoms with Gasteiger partial charge in [0, 0.05) is 35.9 Å². The van der Waals surface area contributed by atoms with Gasteiger partial charge in [0.15, 0.2) is 11.5 Å². The maximum Gasteiger partial charge on any atom is 0.319 e. The second-order valence-corrected chi connectivity index (χ2v) is 8.04. The highest BCUT2D eigenvalue weighted by molar-refractivity contribution is 6.26. The molecule has 3 aliphatic heterocycles. The van der Waals surface area contributed by atoms with Gasteiger partial charge in [-0.15, -0.1) is 0 Å². The molecule has 1 aromatic rings. The summed E-state index contributed by atoms with van der Waals surface area (Å²) in [7, 11) is 0. The van der Waals surface area contributed by atoms with Crippen molar-refractivity contribution in [1.82, 2.24) is 15.5 Å². The third-order valence-electron chi connectivity index (χ3n) is 5.89. The van der Waals surface area contributed by atoms with E-state index in [9.17, 15) is 24.0 Å². The number of rotatable bonds is 4. The number of fused-ring (bicyclic) bond motifs is 2. The normalized spacial score (nSPS) is 23.6. The van der Waals surface area contributed by atoms with E-state index in [-0.39, 0.29) is 43.2 Å². The fourth-order valence-electron chi connectivity index (χ4n) is 4.24. The van der Waals surface area contributed by atoms with Crippen molar-refractivity contribution in [3.8, 4) is 11.5 Å². The molecule has 170 valence electrons. The number of piperidine rings is 1. The number of carbonyl (C=O) groups is 5. The van der Waals surface area contributed by atoms with Crippen molar-refractivity contribution in [2.24, 2.45) is 5.92 Å². The van der Waals surface area contributed by atoms with Crippen LogP contribution in [-0.2, 0) is 19.2 Å². The first-order valence-electron chi connectivity index (χ1n) is 10.5. The van der Waals surface area contributed by atoms with E-state index in [0.29, 0.717) is 23.6 Å². The Morgan fingerprint density at radius 1 is 1.09 bits per heavy atom. The van der Waals surface area contributed by atoms with E-state index in [1.54, 1.807) is 30.4 Å². The summed E-state index contributed by atoms with van der Waals surface area (Å²) in [6, 6.07) is 3.62. The number of likely N-dealkylation sites (tertiary alicyclic amines) is 1. The number of nitrogens with zero attached hydrogens (tertiary/aromatic N) is 1. The average Bonchev–Trinajstić information content (AvgIpc) is 3.35. The van der Waals surface area contributed by atoms with Crippen molar-refractivity contribution in [3.63, 3.8) is 0 Å². The number of allylic oxidation sites excluding steroid dienone is 1. The molecule has 2 unspecified atom stereocenters. The lowest BCUT2D eigenvalue weighted by atomic mass is 9.91. The summed E-state index contributed by atoms with van der Waals surface area (Å²) in [6.45, 7) is 0.378. The highest BCUT2D eigenvalue weighted by atomic mass is 16.7. The molecule has 0 saturated carbocycles. The summed E-state index contributed by atoms with van der Waals surface area (Å²) in [6.07, 6.45) is 3.93. The van der Waals surface area contributed by atoms with E-state index < -0.39 is 35.7 Å². The van der Waals surface area contributed by atoms with Crippen LogP contribution in [-0.4, -0.2) is 53.9 Å². The Bertz CT molecular complexity index is 1160. The molecule has 2 fully saturated rings. The highest BCUT2D eigenvalue weighted by Gasteiger charge is 2.47. The third-order valence-corrected chi connectivity index (χ3v) is 5.89. The fraction of sp³-hybridized carbons (Fsp3) is 0.318. The number of urea groups is 1. The third kappa shape index (κ3) is 3.81. The van der Waals surface area contributed by atoms with Crippen molar-refractivity contribution in [2.45, 2.75) is 25.3 Å². The second-order valence-electron chi connectivity index (χ2n) is 8.04. The van der Waals surface area contributed by atoms with Gasteiger partial charge in [0.25, 0.3) is 11.8 Å². The molecule has 1 aromatic carbocycles. The number of imide groups is 2. The number of hydrogen-bond acceptors (Lipinski definition) is 7. The van der Waals surface area contributed by atoms with Crippen LogP contribution in [0.5, 0.6) is 11.5 Å². The molecule has 0 aromatic heterocycles. The summed E-state index contributed by atoms with van der Waals surface area (Å²) >= 11 is 0. The Hall–Kier alpha value is -4.15. The van der Waals surface area contributed by atoms with Gasteiger partial charge in [-0.3, -0.25) is 29.4 Å². The van der Waals surface area contributed by atoms with Gasteiger partial charge in [-0.1, -0.05) is 12.2 Å². The van der Waals surface area contributed by atoms with Crippen LogP contribution in [0.1, 0.15) is 19.3 Å². The van der Waals surface area contributed by atoms with E-state index >= 15 is 0 Å². The van der Waals surface area contributed by atoms with Gasteiger partial charge in [0.1, 0.15) is 6.04 Å². The SMILES string of the molecule is O=C1CCC(N2C(=O)C3=CCC(CNC(=O)Nc4ccc5c(c4)OCO5)C=C3C2=O)C(=O)N1. The smallest absolute Gasteiger partial charge is 0.319 e. The quantitative estimate of drug-likeness (QED) is 0.567. The number of ether oxygens (including phenoxy) is 2. The van der Waals surface area contributed by atoms with Crippen molar-refractivity contribution in [3.05, 3.63) is 41.5 Å². The minimum Gasteiger partial charge on any atom is -0.454 e. The molecule has 11 nitrogen and oxygen atoms in total. The highest BCUT2D eigenvalue weighted by Crippen LogP contribution is 2.35. The number of carbonyl (C=O) groups excluding carboxylic acids is 5. The van der Waals surface area contributed by atoms with Crippen LogP contribution in [0.2, 0.25) is 0 Å². The van der Waals surface area contributed by atoms with Crippen molar-refractivity contribution >= 4 is 35.3 Å². The standard InChI is InChI=1S/C22H20N4O7/c27-18-6-4-15(19(28)25-18)26-20(29)13-3-1-11(7-14(13)21(26)30)9-23-22(31)24-12-2-5-16-17(8-12)33-10-32-16/h2-3,5,7-8,11,15H,1,4,6,9-10H2,(H2,23,24,31)(H,25,27,28). The first-order valence-corrected chi connectivity index (χ1v) is 10.5. The van der Waals surface area contributed by atoms with E-state index in [1.165, 1.54) is 0 Å². The molecule has 5 rings (SSSR count). The Balaban J connectivity index is 1.21. The Kier molecular flexibility index (Phi) is 5.08. The molecular weight excluding hydrogens is 432 g/mol. The van der Waals surface area contributed by atoms with Crippen LogP contribution in [0.3, 0.4) is 0 Å². The number of anilines is 1. The summed E-state index contributed by atoms with van der Waals surface area (Å²) in [5.74, 6) is -1.21. The summed E-state index contributed by atoms with van der Waals surface area (Å²) < 4.78 is 10.5. The number of benzene rings is 1. The van der Waals surface area contributed by atoms with Gasteiger partial charge < -0.3 is 20.1 Å². The second kappa shape index (κ2) is 8.08. The van der Waals surface area contributed by atoms with Crippen LogP contribution >= 0.6 is 0 Å². The van der Waals surface area contributed by atoms with E-state index in [2.05, 4.69) is 16.0 Å². The number of nitrogens with one attached hydrogen (secondary N) is 3. The lowest BCUT2D eigenvalue weighted by molar-refractivity contribution is -0.149. The molecule has 0 spiro atoms. The van der Waals surface area contributed by atoms with Crippen LogP contribution in [0.25, 0.3) is 0 Å². The van der Waals surface area contributed by atoms with Gasteiger partial charge in [-0.25, -0.2) is 4.79 Å². The van der Waals surface area contributed by atoms with Crippen LogP contribution < -0.4 is 25.4 Å². The lowest BCUT2D eigenvalue weighted by Crippen LogP contribution is -2.54. The Labute approximate surface area is 187 Å². The minimum atomic E-state index is -1.00. The molecule has 0 radical (unpaired) electrons. The zero-order valence-corrected chi connectivity index (χ0v) is 17.4. The predicted octanol–water partition coefficient (Wildman–Crippen LogP) is 0.584. The maximum absolute atomic E-state index is 12.9. The molecule has 6 amide bonds. The van der Waals surface area contributed by atoms with E-state index in [0.717, 1.165) is 4.90 Å². The van der Waals surface area contributed by atoms with Crippen LogP contribution in [0.15, 0.2) is 41.5 Å². The van der Waals surface area contributed by atoms with Gasteiger partial charge >= 0.3 is 6.03 Å². The summed E-state index contributed by atoms with van der Waals surface area (Å²) in [5, 5.41) is 7.63. The number of hydrogen-bond donors (Lipinski definition) is 3. The van der Waals surface area contributed by atoms with Crippen LogP contribution in [0.4, 0.5) is 10.5 Å². The Morgan fingerprint density at radius 3 is 2.70 bits per heavy atom. The van der Waals surface area contributed by atoms with E-state index in [4.69, 9.17) is 9.47 Å². The molecular formula is C22H20N4O7. The predicted molar refractivity (Wildman–Crippen MR) is 112 cm³/mol. The fourth-order valence-corrected chi connectivity index (χ4v) is 4.24. The first kappa shape index (κ1) is 20.7. The zero-order chi connectivity index (χ0) is 23.1. The zero-order valence-electron chi connectivity index (χ0n) is 17.4. The molecule has 1 aliphatic carbocycles. The van der Waals surface area contributed by atoms with E-state index in [1.807, 2.05) is 0 Å². The minimum absolute atomic E-state index is 0.0661. The van der Waals surface area contributed by atoms with Crippen molar-refractivity contribution in [2.75, 3.05) is 18.7 Å². The van der Waals surface area contributed by atoms with Gasteiger partial charge in [0.2, 0.25) is 18.6 Å². The van der Waals surface area contributed by atoms with Crippen LogP contribution in [0, 0.1) is 5.92 Å². The summed E-state index contributed by atoms with van der Waals surface area (Å²) in [5.41, 5.74) is 1.02.